The van der Waals surface area contributed by atoms with Crippen LogP contribution in [0.15, 0.2) is 57.5 Å². The first-order valence-corrected chi connectivity index (χ1v) is 9.42. The van der Waals surface area contributed by atoms with Gasteiger partial charge in [-0.25, -0.2) is 4.79 Å². The quantitative estimate of drug-likeness (QED) is 0.625. The van der Waals surface area contributed by atoms with Gasteiger partial charge in [-0.1, -0.05) is 44.0 Å². The van der Waals surface area contributed by atoms with Crippen LogP contribution in [0.2, 0.25) is 0 Å². The topological polar surface area (TPSA) is 55.8 Å². The third kappa shape index (κ3) is 9.75. The van der Waals surface area contributed by atoms with Gasteiger partial charge in [-0.3, -0.25) is 0 Å². The maximum atomic E-state index is 10.9. The van der Waals surface area contributed by atoms with Gasteiger partial charge in [-0.2, -0.15) is 0 Å². The lowest BCUT2D eigenvalue weighted by Crippen LogP contribution is -1.99. The number of carbonyl (C=O) groups is 1. The number of methoxy groups -OCH3 is 1. The molecule has 1 saturated heterocycles. The van der Waals surface area contributed by atoms with Gasteiger partial charge in [0.15, 0.2) is 0 Å². The second kappa shape index (κ2) is 13.1. The minimum absolute atomic E-state index is 0.118. The van der Waals surface area contributed by atoms with E-state index in [1.807, 2.05) is 24.3 Å². The molecule has 3 rings (SSSR count). The Labute approximate surface area is 165 Å². The van der Waals surface area contributed by atoms with Crippen LogP contribution < -0.4 is 0 Å². The van der Waals surface area contributed by atoms with Crippen molar-refractivity contribution in [3.8, 4) is 0 Å². The van der Waals surface area contributed by atoms with Crippen molar-refractivity contribution < 1.29 is 19.4 Å². The van der Waals surface area contributed by atoms with Crippen molar-refractivity contribution in [3.05, 3.63) is 68.6 Å². The Morgan fingerprint density at radius 1 is 1.00 bits per heavy atom. The van der Waals surface area contributed by atoms with E-state index in [2.05, 4.69) is 36.6 Å². The highest BCUT2D eigenvalue weighted by atomic mass is 79.9. The minimum Gasteiger partial charge on any atom is -0.465 e. The number of rotatable bonds is 2. The van der Waals surface area contributed by atoms with Crippen molar-refractivity contribution in [2.75, 3.05) is 20.3 Å². The molecule has 0 aliphatic carbocycles. The summed E-state index contributed by atoms with van der Waals surface area (Å²) in [6.45, 7) is 2.12. The van der Waals surface area contributed by atoms with Crippen molar-refractivity contribution >= 4 is 37.8 Å². The van der Waals surface area contributed by atoms with Gasteiger partial charge in [0.25, 0.3) is 0 Å². The minimum atomic E-state index is -0.308. The Morgan fingerprint density at radius 2 is 1.48 bits per heavy atom. The summed E-state index contributed by atoms with van der Waals surface area (Å²) in [7, 11) is 1.37. The van der Waals surface area contributed by atoms with Crippen LogP contribution in [-0.2, 0) is 16.1 Å². The molecule has 1 heterocycles. The second-order valence-electron chi connectivity index (χ2n) is 5.10. The number of hydrogen-bond donors (Lipinski definition) is 1. The molecule has 25 heavy (non-hydrogen) atoms. The first-order valence-electron chi connectivity index (χ1n) is 7.83. The highest BCUT2D eigenvalue weighted by molar-refractivity contribution is 9.10. The van der Waals surface area contributed by atoms with E-state index in [1.165, 1.54) is 20.0 Å². The van der Waals surface area contributed by atoms with Gasteiger partial charge in [0.1, 0.15) is 0 Å². The van der Waals surface area contributed by atoms with Crippen LogP contribution >= 0.6 is 31.9 Å². The number of hydrogen-bond acceptors (Lipinski definition) is 4. The molecular weight excluding hydrogens is 452 g/mol. The fraction of sp³-hybridized carbons (Fsp3) is 0.316. The predicted octanol–water partition coefficient (Wildman–Crippen LogP) is 4.97. The molecule has 0 unspecified atom stereocenters. The van der Waals surface area contributed by atoms with Crippen LogP contribution in [0.3, 0.4) is 0 Å². The Hall–Kier alpha value is -1.21. The first-order chi connectivity index (χ1) is 12.1. The average molecular weight is 474 g/mol. The summed E-state index contributed by atoms with van der Waals surface area (Å²) in [5.74, 6) is -0.308. The number of carbonyl (C=O) groups excluding carboxylic acids is 1. The van der Waals surface area contributed by atoms with E-state index in [0.717, 1.165) is 27.7 Å². The molecule has 0 spiro atoms. The number of esters is 1. The third-order valence-corrected chi connectivity index (χ3v) is 4.25. The van der Waals surface area contributed by atoms with E-state index in [1.54, 1.807) is 24.3 Å². The number of halogens is 2. The van der Waals surface area contributed by atoms with Gasteiger partial charge in [-0.05, 0) is 54.8 Å². The molecular formula is C19H22Br2O4. The maximum absolute atomic E-state index is 10.9. The number of aliphatic hydroxyl groups excluding tert-OH is 1. The van der Waals surface area contributed by atoms with Crippen molar-refractivity contribution in [3.63, 3.8) is 0 Å². The van der Waals surface area contributed by atoms with E-state index < -0.39 is 0 Å². The molecule has 0 radical (unpaired) electrons. The summed E-state index contributed by atoms with van der Waals surface area (Å²) in [6, 6.07) is 14.6. The van der Waals surface area contributed by atoms with Crippen LogP contribution in [-0.4, -0.2) is 31.4 Å². The Morgan fingerprint density at radius 3 is 1.84 bits per heavy atom. The molecule has 0 bridgehead atoms. The zero-order chi connectivity index (χ0) is 18.5. The second-order valence-corrected chi connectivity index (χ2v) is 6.93. The standard InChI is InChI=1S/C8H7BrO2.C7H7BrO.C4H8O/c1-11-8(10)6-2-4-7(9)5-3-6;8-7-3-1-6(5-9)2-4-7;1-2-4-5-3-1/h2-5H,1H3;1-4,9H,5H2;1-4H2. The van der Waals surface area contributed by atoms with Gasteiger partial charge >= 0.3 is 5.97 Å². The van der Waals surface area contributed by atoms with Gasteiger partial charge in [0.05, 0.1) is 19.3 Å². The molecule has 0 saturated carbocycles. The number of ether oxygens (including phenoxy) is 2. The molecule has 6 heteroatoms. The Balaban J connectivity index is 0.000000200. The smallest absolute Gasteiger partial charge is 0.337 e. The lowest BCUT2D eigenvalue weighted by Gasteiger charge is -1.97. The van der Waals surface area contributed by atoms with E-state index in [0.29, 0.717) is 5.56 Å². The third-order valence-electron chi connectivity index (χ3n) is 3.19. The molecule has 1 aliphatic heterocycles. The summed E-state index contributed by atoms with van der Waals surface area (Å²) in [4.78, 5) is 10.9. The normalized spacial score (nSPS) is 12.3. The maximum Gasteiger partial charge on any atom is 0.337 e. The average Bonchev–Trinajstić information content (AvgIpc) is 3.23. The van der Waals surface area contributed by atoms with Gasteiger partial charge in [-0.15, -0.1) is 0 Å². The SMILES string of the molecule is C1CCOC1.COC(=O)c1ccc(Br)cc1.OCc1ccc(Br)cc1. The van der Waals surface area contributed by atoms with E-state index in [4.69, 9.17) is 9.84 Å². The molecule has 2 aromatic rings. The summed E-state index contributed by atoms with van der Waals surface area (Å²) in [5, 5.41) is 8.61. The monoisotopic (exact) mass is 472 g/mol. The van der Waals surface area contributed by atoms with Crippen LogP contribution in [0.4, 0.5) is 0 Å². The fourth-order valence-electron chi connectivity index (χ4n) is 1.80. The molecule has 1 N–H and O–H groups in total. The Kier molecular flexibility index (Phi) is 11.4. The summed E-state index contributed by atoms with van der Waals surface area (Å²) in [6.07, 6.45) is 2.56. The van der Waals surface area contributed by atoms with Gasteiger partial charge < -0.3 is 14.6 Å². The zero-order valence-electron chi connectivity index (χ0n) is 14.1. The van der Waals surface area contributed by atoms with Crippen molar-refractivity contribution in [1.82, 2.24) is 0 Å². The molecule has 2 aromatic carbocycles. The lowest BCUT2D eigenvalue weighted by molar-refractivity contribution is 0.0600. The number of benzene rings is 2. The molecule has 0 amide bonds. The van der Waals surface area contributed by atoms with Crippen LogP contribution in [0, 0.1) is 0 Å². The first kappa shape index (κ1) is 21.8. The largest absolute Gasteiger partial charge is 0.465 e. The number of aliphatic hydroxyl groups is 1. The molecule has 0 atom stereocenters. The van der Waals surface area contributed by atoms with Crippen molar-refractivity contribution in [2.45, 2.75) is 19.4 Å². The molecule has 1 aliphatic rings. The molecule has 1 fully saturated rings. The lowest BCUT2D eigenvalue weighted by atomic mass is 10.2. The predicted molar refractivity (Wildman–Crippen MR) is 106 cm³/mol. The Bertz CT molecular complexity index is 601. The van der Waals surface area contributed by atoms with Crippen LogP contribution in [0.1, 0.15) is 28.8 Å². The highest BCUT2D eigenvalue weighted by Gasteiger charge is 2.02. The van der Waals surface area contributed by atoms with Crippen LogP contribution in [0.5, 0.6) is 0 Å². The molecule has 0 aromatic heterocycles. The van der Waals surface area contributed by atoms with E-state index in [9.17, 15) is 4.79 Å². The molecule has 4 nitrogen and oxygen atoms in total. The summed E-state index contributed by atoms with van der Waals surface area (Å²) in [5.41, 5.74) is 1.51. The van der Waals surface area contributed by atoms with Gasteiger partial charge in [0, 0.05) is 22.2 Å². The van der Waals surface area contributed by atoms with Crippen LogP contribution in [0.25, 0.3) is 0 Å². The van der Waals surface area contributed by atoms with E-state index >= 15 is 0 Å². The molecule has 136 valence electrons. The van der Waals surface area contributed by atoms with E-state index in [-0.39, 0.29) is 12.6 Å². The van der Waals surface area contributed by atoms with Gasteiger partial charge in [0.2, 0.25) is 0 Å². The van der Waals surface area contributed by atoms with Crippen molar-refractivity contribution in [2.24, 2.45) is 0 Å². The summed E-state index contributed by atoms with van der Waals surface area (Å²) >= 11 is 6.56. The highest BCUT2D eigenvalue weighted by Crippen LogP contribution is 2.11. The zero-order valence-corrected chi connectivity index (χ0v) is 17.3. The summed E-state index contributed by atoms with van der Waals surface area (Å²) < 4.78 is 11.5. The fourth-order valence-corrected chi connectivity index (χ4v) is 2.33. The van der Waals surface area contributed by atoms with Crippen molar-refractivity contribution in [1.29, 1.82) is 0 Å².